The minimum absolute atomic E-state index is 0.0972. The summed E-state index contributed by atoms with van der Waals surface area (Å²) in [6.45, 7) is 5.59. The van der Waals surface area contributed by atoms with E-state index in [1.165, 1.54) is 0 Å². The molecule has 1 aromatic carbocycles. The number of carboxylic acid groups (broad SMARTS) is 1. The first kappa shape index (κ1) is 15.4. The Balaban J connectivity index is 1.81. The fourth-order valence-electron chi connectivity index (χ4n) is 2.37. The van der Waals surface area contributed by atoms with Crippen LogP contribution in [0.5, 0.6) is 0 Å². The van der Waals surface area contributed by atoms with E-state index in [0.29, 0.717) is 24.4 Å². The molecule has 1 saturated carbocycles. The molecule has 0 aliphatic heterocycles. The van der Waals surface area contributed by atoms with Crippen molar-refractivity contribution < 1.29 is 14.7 Å². The molecule has 1 aliphatic carbocycles. The first-order chi connectivity index (χ1) is 9.79. The zero-order chi connectivity index (χ0) is 15.6. The van der Waals surface area contributed by atoms with E-state index in [1.54, 1.807) is 36.2 Å². The maximum absolute atomic E-state index is 12.0. The number of rotatable bonds is 5. The second kappa shape index (κ2) is 5.76. The van der Waals surface area contributed by atoms with E-state index in [4.69, 9.17) is 5.11 Å². The first-order valence-electron chi connectivity index (χ1n) is 7.11. The molecule has 0 aromatic heterocycles. The number of carbonyl (C=O) groups is 2. The van der Waals surface area contributed by atoms with E-state index in [2.05, 4.69) is 19.2 Å². The lowest BCUT2D eigenvalue weighted by Gasteiger charge is -2.18. The van der Waals surface area contributed by atoms with Crippen molar-refractivity contribution in [3.8, 4) is 0 Å². The lowest BCUT2D eigenvalue weighted by Crippen LogP contribution is -2.38. The standard InChI is InChI=1S/C16H22N2O3/c1-16(2)8-13(16)9-17-15(21)18(3)10-11-4-6-12(7-5-11)14(19)20/h4-7,13H,8-10H2,1-3H3,(H,17,21)(H,19,20). The highest BCUT2D eigenvalue weighted by Gasteiger charge is 2.45. The van der Waals surface area contributed by atoms with Gasteiger partial charge in [-0.2, -0.15) is 0 Å². The summed E-state index contributed by atoms with van der Waals surface area (Å²) in [7, 11) is 1.73. The summed E-state index contributed by atoms with van der Waals surface area (Å²) in [4.78, 5) is 24.4. The zero-order valence-electron chi connectivity index (χ0n) is 12.7. The molecule has 0 heterocycles. The molecule has 0 bridgehead atoms. The zero-order valence-corrected chi connectivity index (χ0v) is 12.7. The Morgan fingerprint density at radius 1 is 1.33 bits per heavy atom. The van der Waals surface area contributed by atoms with Gasteiger partial charge in [-0.1, -0.05) is 26.0 Å². The third-order valence-electron chi connectivity index (χ3n) is 4.18. The molecular formula is C16H22N2O3. The Hall–Kier alpha value is -2.04. The number of urea groups is 1. The molecule has 1 aliphatic rings. The second-order valence-corrected chi connectivity index (χ2v) is 6.43. The molecule has 1 fully saturated rings. The molecule has 1 atom stereocenters. The molecular weight excluding hydrogens is 268 g/mol. The quantitative estimate of drug-likeness (QED) is 0.875. The van der Waals surface area contributed by atoms with Crippen molar-refractivity contribution >= 4 is 12.0 Å². The van der Waals surface area contributed by atoms with Crippen molar-refractivity contribution in [2.24, 2.45) is 11.3 Å². The van der Waals surface area contributed by atoms with Crippen LogP contribution in [0.2, 0.25) is 0 Å². The minimum Gasteiger partial charge on any atom is -0.478 e. The highest BCUT2D eigenvalue weighted by atomic mass is 16.4. The summed E-state index contributed by atoms with van der Waals surface area (Å²) < 4.78 is 0. The molecule has 2 rings (SSSR count). The van der Waals surface area contributed by atoms with Crippen molar-refractivity contribution in [1.82, 2.24) is 10.2 Å². The Labute approximate surface area is 125 Å². The smallest absolute Gasteiger partial charge is 0.335 e. The normalized spacial score (nSPS) is 18.9. The summed E-state index contributed by atoms with van der Waals surface area (Å²) in [5, 5.41) is 11.8. The number of nitrogens with zero attached hydrogens (tertiary/aromatic N) is 1. The molecule has 21 heavy (non-hydrogen) atoms. The molecule has 1 unspecified atom stereocenters. The minimum atomic E-state index is -0.945. The third-order valence-corrected chi connectivity index (χ3v) is 4.18. The van der Waals surface area contributed by atoms with E-state index in [9.17, 15) is 9.59 Å². The van der Waals surface area contributed by atoms with Gasteiger partial charge in [-0.25, -0.2) is 9.59 Å². The van der Waals surface area contributed by atoms with Crippen LogP contribution in [0.3, 0.4) is 0 Å². The Kier molecular flexibility index (Phi) is 4.21. The van der Waals surface area contributed by atoms with Gasteiger partial charge in [0.15, 0.2) is 0 Å². The van der Waals surface area contributed by atoms with Crippen LogP contribution in [-0.4, -0.2) is 35.6 Å². The molecule has 0 spiro atoms. The molecule has 2 amide bonds. The molecule has 0 saturated heterocycles. The summed E-state index contributed by atoms with van der Waals surface area (Å²) in [6, 6.07) is 6.47. The number of benzene rings is 1. The van der Waals surface area contributed by atoms with Gasteiger partial charge in [-0.05, 0) is 35.4 Å². The highest BCUT2D eigenvalue weighted by Crippen LogP contribution is 2.50. The van der Waals surface area contributed by atoms with Crippen molar-refractivity contribution in [1.29, 1.82) is 0 Å². The Morgan fingerprint density at radius 3 is 2.38 bits per heavy atom. The third kappa shape index (κ3) is 3.97. The number of hydrogen-bond acceptors (Lipinski definition) is 2. The van der Waals surface area contributed by atoms with E-state index >= 15 is 0 Å². The predicted molar refractivity (Wildman–Crippen MR) is 80.2 cm³/mol. The van der Waals surface area contributed by atoms with Gasteiger partial charge in [0.05, 0.1) is 5.56 Å². The van der Waals surface area contributed by atoms with Crippen molar-refractivity contribution in [2.75, 3.05) is 13.6 Å². The fourth-order valence-corrected chi connectivity index (χ4v) is 2.37. The van der Waals surface area contributed by atoms with Gasteiger partial charge in [-0.15, -0.1) is 0 Å². The van der Waals surface area contributed by atoms with Crippen LogP contribution in [-0.2, 0) is 6.54 Å². The molecule has 0 radical (unpaired) electrons. The van der Waals surface area contributed by atoms with Gasteiger partial charge in [0.1, 0.15) is 0 Å². The number of hydrogen-bond donors (Lipinski definition) is 2. The van der Waals surface area contributed by atoms with Crippen molar-refractivity contribution in [3.05, 3.63) is 35.4 Å². The molecule has 1 aromatic rings. The first-order valence-corrected chi connectivity index (χ1v) is 7.11. The summed E-state index contributed by atoms with van der Waals surface area (Å²) in [5.41, 5.74) is 1.52. The SMILES string of the molecule is CN(Cc1ccc(C(=O)O)cc1)C(=O)NCC1CC1(C)C. The largest absolute Gasteiger partial charge is 0.478 e. The summed E-state index contributed by atoms with van der Waals surface area (Å²) in [6.07, 6.45) is 1.16. The number of amides is 2. The van der Waals surface area contributed by atoms with Crippen molar-refractivity contribution in [2.45, 2.75) is 26.8 Å². The van der Waals surface area contributed by atoms with Crippen LogP contribution in [0, 0.1) is 11.3 Å². The van der Waals surface area contributed by atoms with Gasteiger partial charge in [0.2, 0.25) is 0 Å². The van der Waals surface area contributed by atoms with Crippen LogP contribution < -0.4 is 5.32 Å². The van der Waals surface area contributed by atoms with Gasteiger partial charge in [-0.3, -0.25) is 0 Å². The lowest BCUT2D eigenvalue weighted by atomic mass is 10.1. The van der Waals surface area contributed by atoms with Gasteiger partial charge in [0, 0.05) is 20.1 Å². The monoisotopic (exact) mass is 290 g/mol. The molecule has 5 nitrogen and oxygen atoms in total. The Bertz CT molecular complexity index is 537. The van der Waals surface area contributed by atoms with Crippen LogP contribution in [0.15, 0.2) is 24.3 Å². The van der Waals surface area contributed by atoms with Crippen LogP contribution >= 0.6 is 0 Å². The van der Waals surface area contributed by atoms with E-state index < -0.39 is 5.97 Å². The van der Waals surface area contributed by atoms with E-state index in [-0.39, 0.29) is 11.6 Å². The van der Waals surface area contributed by atoms with Gasteiger partial charge >= 0.3 is 12.0 Å². The topological polar surface area (TPSA) is 69.6 Å². The number of carboxylic acids is 1. The molecule has 5 heteroatoms. The lowest BCUT2D eigenvalue weighted by molar-refractivity contribution is 0.0697. The predicted octanol–water partition coefficient (Wildman–Crippen LogP) is 2.57. The number of carbonyl (C=O) groups excluding carboxylic acids is 1. The maximum Gasteiger partial charge on any atom is 0.335 e. The maximum atomic E-state index is 12.0. The van der Waals surface area contributed by atoms with E-state index in [1.807, 2.05) is 0 Å². The summed E-state index contributed by atoms with van der Waals surface area (Å²) in [5.74, 6) is -0.371. The van der Waals surface area contributed by atoms with Crippen LogP contribution in [0.4, 0.5) is 4.79 Å². The number of aromatic carboxylic acids is 1. The van der Waals surface area contributed by atoms with Crippen LogP contribution in [0.25, 0.3) is 0 Å². The average molecular weight is 290 g/mol. The highest BCUT2D eigenvalue weighted by molar-refractivity contribution is 5.87. The van der Waals surface area contributed by atoms with E-state index in [0.717, 1.165) is 12.0 Å². The second-order valence-electron chi connectivity index (χ2n) is 6.43. The van der Waals surface area contributed by atoms with Gasteiger partial charge in [0.25, 0.3) is 0 Å². The van der Waals surface area contributed by atoms with Gasteiger partial charge < -0.3 is 15.3 Å². The number of nitrogens with one attached hydrogen (secondary N) is 1. The molecule has 2 N–H and O–H groups in total. The summed E-state index contributed by atoms with van der Waals surface area (Å²) >= 11 is 0. The Morgan fingerprint density at radius 2 is 1.90 bits per heavy atom. The fraction of sp³-hybridized carbons (Fsp3) is 0.500. The van der Waals surface area contributed by atoms with Crippen molar-refractivity contribution in [3.63, 3.8) is 0 Å². The average Bonchev–Trinajstić information content (AvgIpc) is 3.04. The van der Waals surface area contributed by atoms with Crippen LogP contribution in [0.1, 0.15) is 36.2 Å². The molecule has 114 valence electrons.